The zero-order chi connectivity index (χ0) is 28.5. The number of hydrogen-bond acceptors (Lipinski definition) is 6. The van der Waals surface area contributed by atoms with E-state index in [1.54, 1.807) is 29.2 Å². The lowest BCUT2D eigenvalue weighted by Gasteiger charge is -2.32. The van der Waals surface area contributed by atoms with Gasteiger partial charge in [-0.1, -0.05) is 41.5 Å². The van der Waals surface area contributed by atoms with E-state index in [1.165, 1.54) is 16.0 Å². The zero-order valence-corrected chi connectivity index (χ0v) is 25.6. The minimum atomic E-state index is -0.118. The Hall–Kier alpha value is -2.71. The molecule has 8 heteroatoms. The molecular formula is C31H44N4O3S. The van der Waals surface area contributed by atoms with Crippen LogP contribution in [0.25, 0.3) is 10.6 Å². The molecule has 3 aromatic rings. The summed E-state index contributed by atoms with van der Waals surface area (Å²) in [6.07, 6.45) is 6.53. The molecule has 1 fully saturated rings. The normalized spacial score (nSPS) is 15.2. The van der Waals surface area contributed by atoms with Gasteiger partial charge >= 0.3 is 0 Å². The molecule has 39 heavy (non-hydrogen) atoms. The van der Waals surface area contributed by atoms with Crippen LogP contribution in [0.4, 0.5) is 0 Å². The second-order valence-electron chi connectivity index (χ2n) is 12.4. The summed E-state index contributed by atoms with van der Waals surface area (Å²) in [7, 11) is 1.78. The third kappa shape index (κ3) is 6.07. The average molecular weight is 553 g/mol. The highest BCUT2D eigenvalue weighted by atomic mass is 32.1. The van der Waals surface area contributed by atoms with Gasteiger partial charge in [0.05, 0.1) is 25.6 Å². The van der Waals surface area contributed by atoms with Gasteiger partial charge in [-0.05, 0) is 55.1 Å². The summed E-state index contributed by atoms with van der Waals surface area (Å²) in [5.74, 6) is 2.21. The van der Waals surface area contributed by atoms with Crippen LogP contribution < -0.4 is 4.74 Å². The molecule has 1 N–H and O–H groups in total. The molecular weight excluding hydrogens is 508 g/mol. The number of amides is 1. The van der Waals surface area contributed by atoms with Crippen LogP contribution in [0, 0.1) is 6.92 Å². The summed E-state index contributed by atoms with van der Waals surface area (Å²) in [5.41, 5.74) is 4.18. The van der Waals surface area contributed by atoms with E-state index < -0.39 is 0 Å². The van der Waals surface area contributed by atoms with E-state index in [1.807, 2.05) is 18.0 Å². The number of aliphatic hydroxyl groups is 1. The fraction of sp³-hybridized carbons (Fsp3) is 0.581. The first-order valence-corrected chi connectivity index (χ1v) is 14.8. The van der Waals surface area contributed by atoms with Gasteiger partial charge in [0, 0.05) is 40.9 Å². The average Bonchev–Trinajstić information content (AvgIpc) is 3.54. The van der Waals surface area contributed by atoms with Crippen molar-refractivity contribution in [2.75, 3.05) is 20.2 Å². The largest absolute Gasteiger partial charge is 0.496 e. The van der Waals surface area contributed by atoms with E-state index in [0.717, 1.165) is 54.5 Å². The molecule has 0 atom stereocenters. The highest BCUT2D eigenvalue weighted by Crippen LogP contribution is 2.45. The predicted molar refractivity (Wildman–Crippen MR) is 158 cm³/mol. The van der Waals surface area contributed by atoms with Crippen molar-refractivity contribution >= 4 is 17.2 Å². The maximum absolute atomic E-state index is 13.0. The predicted octanol–water partition coefficient (Wildman–Crippen LogP) is 6.21. The fourth-order valence-corrected chi connectivity index (χ4v) is 6.41. The van der Waals surface area contributed by atoms with Crippen molar-refractivity contribution < 1.29 is 14.6 Å². The Morgan fingerprint density at radius 3 is 2.36 bits per heavy atom. The third-order valence-corrected chi connectivity index (χ3v) is 9.54. The minimum Gasteiger partial charge on any atom is -0.496 e. The molecule has 0 aliphatic carbocycles. The first-order chi connectivity index (χ1) is 18.4. The van der Waals surface area contributed by atoms with Gasteiger partial charge in [0.25, 0.3) is 0 Å². The van der Waals surface area contributed by atoms with Crippen LogP contribution in [0.2, 0.25) is 0 Å². The number of rotatable bonds is 8. The van der Waals surface area contributed by atoms with Crippen molar-refractivity contribution in [3.63, 3.8) is 0 Å². The Labute approximate surface area is 237 Å². The SMILES string of the molecule is CCC(C)(C)c1cc(-c2ncc(C3CCN(C(=O)Cn4c(CO)cnc4C)CC3)s2)cc(C(C)(C)C)c1OC. The number of aryl methyl sites for hydroxylation is 1. The van der Waals surface area contributed by atoms with Gasteiger partial charge in [-0.3, -0.25) is 4.79 Å². The quantitative estimate of drug-likeness (QED) is 0.360. The lowest BCUT2D eigenvalue weighted by atomic mass is 9.76. The molecule has 1 aliphatic rings. The number of nitrogens with zero attached hydrogens (tertiary/aromatic N) is 4. The molecule has 0 saturated carbocycles. The van der Waals surface area contributed by atoms with Crippen molar-refractivity contribution in [1.82, 2.24) is 19.4 Å². The Bertz CT molecular complexity index is 1310. The maximum Gasteiger partial charge on any atom is 0.242 e. The van der Waals surface area contributed by atoms with Gasteiger partial charge in [-0.2, -0.15) is 0 Å². The van der Waals surface area contributed by atoms with Gasteiger partial charge < -0.3 is 19.3 Å². The van der Waals surface area contributed by atoms with E-state index in [-0.39, 0.29) is 29.9 Å². The summed E-state index contributed by atoms with van der Waals surface area (Å²) in [6.45, 7) is 16.9. The third-order valence-electron chi connectivity index (χ3n) is 8.33. The van der Waals surface area contributed by atoms with Gasteiger partial charge in [-0.25, -0.2) is 9.97 Å². The van der Waals surface area contributed by atoms with Gasteiger partial charge in [0.15, 0.2) is 0 Å². The summed E-state index contributed by atoms with van der Waals surface area (Å²) in [5, 5.41) is 10.6. The Morgan fingerprint density at radius 2 is 1.77 bits per heavy atom. The Morgan fingerprint density at radius 1 is 1.10 bits per heavy atom. The Balaban J connectivity index is 1.52. The molecule has 3 heterocycles. The van der Waals surface area contributed by atoms with E-state index in [9.17, 15) is 9.90 Å². The van der Waals surface area contributed by atoms with E-state index >= 15 is 0 Å². The number of aromatic nitrogens is 3. The van der Waals surface area contributed by atoms with Crippen molar-refractivity contribution in [2.24, 2.45) is 0 Å². The smallest absolute Gasteiger partial charge is 0.242 e. The number of likely N-dealkylation sites (tertiary alicyclic amines) is 1. The molecule has 212 valence electrons. The molecule has 1 saturated heterocycles. The van der Waals surface area contributed by atoms with Crippen LogP contribution >= 0.6 is 11.3 Å². The van der Waals surface area contributed by atoms with E-state index in [0.29, 0.717) is 11.6 Å². The van der Waals surface area contributed by atoms with Crippen LogP contribution in [0.3, 0.4) is 0 Å². The topological polar surface area (TPSA) is 80.5 Å². The summed E-state index contributed by atoms with van der Waals surface area (Å²) in [6, 6.07) is 4.54. The van der Waals surface area contributed by atoms with Crippen molar-refractivity contribution in [1.29, 1.82) is 0 Å². The molecule has 0 unspecified atom stereocenters. The molecule has 0 spiro atoms. The van der Waals surface area contributed by atoms with Crippen LogP contribution in [0.15, 0.2) is 24.5 Å². The van der Waals surface area contributed by atoms with E-state index in [4.69, 9.17) is 9.72 Å². The maximum atomic E-state index is 13.0. The number of hydrogen-bond donors (Lipinski definition) is 1. The number of aliphatic hydroxyl groups excluding tert-OH is 1. The fourth-order valence-electron chi connectivity index (χ4n) is 5.34. The number of thiazole rings is 1. The minimum absolute atomic E-state index is 0.0198. The molecule has 1 aromatic carbocycles. The monoisotopic (exact) mass is 552 g/mol. The number of benzene rings is 1. The molecule has 0 bridgehead atoms. The molecule has 2 aromatic heterocycles. The van der Waals surface area contributed by atoms with Crippen LogP contribution in [0.5, 0.6) is 5.75 Å². The standard InChI is InChI=1S/C31H44N4O3S/c1-9-31(6,7)25-15-22(14-24(28(25)38-8)30(3,4)5)29-33-17-26(39-29)21-10-12-34(13-11-21)27(37)18-35-20(2)32-16-23(35)19-36/h14-17,21,36H,9-13,18-19H2,1-8H3. The van der Waals surface area contributed by atoms with Crippen LogP contribution in [0.1, 0.15) is 94.2 Å². The second kappa shape index (κ2) is 11.4. The zero-order valence-electron chi connectivity index (χ0n) is 24.8. The molecule has 0 radical (unpaired) electrons. The highest BCUT2D eigenvalue weighted by molar-refractivity contribution is 7.15. The second-order valence-corrected chi connectivity index (χ2v) is 13.4. The number of carbonyl (C=O) groups is 1. The highest BCUT2D eigenvalue weighted by Gasteiger charge is 2.31. The number of methoxy groups -OCH3 is 1. The first kappa shape index (κ1) is 29.3. The van der Waals surface area contributed by atoms with Crippen LogP contribution in [-0.2, 0) is 28.8 Å². The lowest BCUT2D eigenvalue weighted by molar-refractivity contribution is -0.133. The Kier molecular flexibility index (Phi) is 8.57. The summed E-state index contributed by atoms with van der Waals surface area (Å²) >= 11 is 1.78. The number of carbonyl (C=O) groups excluding carboxylic acids is 1. The van der Waals surface area contributed by atoms with Gasteiger partial charge in [0.1, 0.15) is 23.1 Å². The number of piperidine rings is 1. The number of ether oxygens (including phenoxy) is 1. The summed E-state index contributed by atoms with van der Waals surface area (Å²) in [4.78, 5) is 25.3. The van der Waals surface area contributed by atoms with Crippen molar-refractivity contribution in [3.05, 3.63) is 52.0 Å². The molecule has 1 aliphatic heterocycles. The lowest BCUT2D eigenvalue weighted by Crippen LogP contribution is -2.40. The molecule has 7 nitrogen and oxygen atoms in total. The number of imidazole rings is 1. The summed E-state index contributed by atoms with van der Waals surface area (Å²) < 4.78 is 7.80. The van der Waals surface area contributed by atoms with Gasteiger partial charge in [0.2, 0.25) is 5.91 Å². The first-order valence-electron chi connectivity index (χ1n) is 14.0. The van der Waals surface area contributed by atoms with Crippen LogP contribution in [-0.4, -0.2) is 50.6 Å². The van der Waals surface area contributed by atoms with Crippen molar-refractivity contribution in [2.45, 2.75) is 97.6 Å². The van der Waals surface area contributed by atoms with Gasteiger partial charge in [-0.15, -0.1) is 11.3 Å². The van der Waals surface area contributed by atoms with E-state index in [2.05, 4.69) is 58.7 Å². The molecule has 1 amide bonds. The molecule has 4 rings (SSSR count). The van der Waals surface area contributed by atoms with Crippen molar-refractivity contribution in [3.8, 4) is 16.3 Å².